The van der Waals surface area contributed by atoms with Crippen molar-refractivity contribution in [2.24, 2.45) is 5.84 Å². The number of benzene rings is 1. The van der Waals surface area contributed by atoms with Gasteiger partial charge in [-0.15, -0.1) is 0 Å². The van der Waals surface area contributed by atoms with Gasteiger partial charge in [0, 0.05) is 5.56 Å². The Bertz CT molecular complexity index is 424. The topological polar surface area (TPSA) is 73.6 Å². The molecule has 1 amide bonds. The molecule has 0 saturated carbocycles. The van der Waals surface area contributed by atoms with E-state index in [0.29, 0.717) is 5.75 Å². The summed E-state index contributed by atoms with van der Waals surface area (Å²) in [4.78, 5) is 11.2. The smallest absolute Gasteiger partial charge is 0.411 e. The van der Waals surface area contributed by atoms with Crippen molar-refractivity contribution in [1.29, 1.82) is 0 Å². The number of carbonyl (C=O) groups excluding carboxylic acids is 1. The summed E-state index contributed by atoms with van der Waals surface area (Å²) in [5.74, 6) is 4.82. The van der Waals surface area contributed by atoms with Gasteiger partial charge in [0.1, 0.15) is 19.0 Å². The lowest BCUT2D eigenvalue weighted by Crippen LogP contribution is -2.29. The summed E-state index contributed by atoms with van der Waals surface area (Å²) in [7, 11) is 0. The molecule has 8 heteroatoms. The van der Waals surface area contributed by atoms with Crippen molar-refractivity contribution in [2.75, 3.05) is 19.8 Å². The van der Waals surface area contributed by atoms with Crippen LogP contribution in [0.3, 0.4) is 0 Å². The molecular formula is C11H13F3N2O3. The van der Waals surface area contributed by atoms with Crippen molar-refractivity contribution in [1.82, 2.24) is 5.43 Å². The third kappa shape index (κ3) is 6.07. The van der Waals surface area contributed by atoms with Crippen LogP contribution in [0.1, 0.15) is 10.4 Å². The molecule has 1 rings (SSSR count). The van der Waals surface area contributed by atoms with E-state index in [1.54, 1.807) is 12.1 Å². The lowest BCUT2D eigenvalue weighted by Gasteiger charge is -2.09. The standard InChI is InChI=1S/C11H13F3N2O3/c12-11(13,14)7-18-4-5-19-9-3-1-2-8(6-9)10(17)16-15/h1-3,6H,4-5,7,15H2,(H,16,17). The highest BCUT2D eigenvalue weighted by atomic mass is 19.4. The number of rotatable bonds is 6. The monoisotopic (exact) mass is 278 g/mol. The second-order valence-electron chi connectivity index (χ2n) is 3.52. The maximum Gasteiger partial charge on any atom is 0.411 e. The number of nitrogen functional groups attached to an aromatic ring is 1. The van der Waals surface area contributed by atoms with Gasteiger partial charge < -0.3 is 9.47 Å². The Kier molecular flexibility index (Phi) is 5.58. The molecule has 19 heavy (non-hydrogen) atoms. The van der Waals surface area contributed by atoms with Gasteiger partial charge in [0.2, 0.25) is 0 Å². The summed E-state index contributed by atoms with van der Waals surface area (Å²) >= 11 is 0. The van der Waals surface area contributed by atoms with E-state index < -0.39 is 18.7 Å². The summed E-state index contributed by atoms with van der Waals surface area (Å²) in [6.07, 6.45) is -4.35. The molecular weight excluding hydrogens is 265 g/mol. The van der Waals surface area contributed by atoms with Gasteiger partial charge in [-0.3, -0.25) is 10.2 Å². The zero-order chi connectivity index (χ0) is 14.3. The van der Waals surface area contributed by atoms with E-state index in [2.05, 4.69) is 4.74 Å². The Morgan fingerprint density at radius 1 is 1.32 bits per heavy atom. The molecule has 1 aromatic rings. The number of carbonyl (C=O) groups is 1. The number of hydrazine groups is 1. The van der Waals surface area contributed by atoms with Crippen LogP contribution in [0.4, 0.5) is 13.2 Å². The Morgan fingerprint density at radius 3 is 2.68 bits per heavy atom. The van der Waals surface area contributed by atoms with Gasteiger partial charge in [0.15, 0.2) is 0 Å². The molecule has 0 aliphatic carbocycles. The number of alkyl halides is 3. The SMILES string of the molecule is NNC(=O)c1cccc(OCCOCC(F)(F)F)c1. The van der Waals surface area contributed by atoms with Crippen LogP contribution >= 0.6 is 0 Å². The first-order chi connectivity index (χ1) is 8.92. The van der Waals surface area contributed by atoms with Crippen molar-refractivity contribution >= 4 is 5.91 Å². The molecule has 1 aromatic carbocycles. The minimum atomic E-state index is -4.35. The highest BCUT2D eigenvalue weighted by molar-refractivity contribution is 5.94. The maximum atomic E-state index is 11.8. The Labute approximate surface area is 107 Å². The molecule has 0 aliphatic rings. The fourth-order valence-corrected chi connectivity index (χ4v) is 1.22. The number of hydrogen-bond donors (Lipinski definition) is 2. The first-order valence-electron chi connectivity index (χ1n) is 5.30. The van der Waals surface area contributed by atoms with Crippen LogP contribution in [-0.4, -0.2) is 31.9 Å². The fourth-order valence-electron chi connectivity index (χ4n) is 1.22. The number of nitrogens with one attached hydrogen (secondary N) is 1. The van der Waals surface area contributed by atoms with Crippen molar-refractivity contribution in [3.8, 4) is 5.75 Å². The maximum absolute atomic E-state index is 11.8. The highest BCUT2D eigenvalue weighted by Crippen LogP contribution is 2.15. The lowest BCUT2D eigenvalue weighted by atomic mass is 10.2. The Morgan fingerprint density at radius 2 is 2.05 bits per heavy atom. The molecule has 0 unspecified atom stereocenters. The molecule has 0 aromatic heterocycles. The average molecular weight is 278 g/mol. The lowest BCUT2D eigenvalue weighted by molar-refractivity contribution is -0.175. The molecule has 3 N–H and O–H groups in total. The van der Waals surface area contributed by atoms with E-state index in [1.807, 2.05) is 5.43 Å². The largest absolute Gasteiger partial charge is 0.491 e. The van der Waals surface area contributed by atoms with Gasteiger partial charge in [-0.05, 0) is 18.2 Å². The third-order valence-corrected chi connectivity index (χ3v) is 1.99. The van der Waals surface area contributed by atoms with Crippen LogP contribution in [0, 0.1) is 0 Å². The van der Waals surface area contributed by atoms with Gasteiger partial charge in [-0.2, -0.15) is 13.2 Å². The molecule has 0 saturated heterocycles. The second kappa shape index (κ2) is 6.95. The van der Waals surface area contributed by atoms with Crippen molar-refractivity contribution in [2.45, 2.75) is 6.18 Å². The van der Waals surface area contributed by atoms with Crippen LogP contribution in [0.2, 0.25) is 0 Å². The molecule has 0 heterocycles. The minimum Gasteiger partial charge on any atom is -0.491 e. The summed E-state index contributed by atoms with van der Waals surface area (Å²) in [6, 6.07) is 6.08. The number of halogens is 3. The predicted octanol–water partition coefficient (Wildman–Crippen LogP) is 1.25. The minimum absolute atomic E-state index is 0.0518. The molecule has 0 bridgehead atoms. The quantitative estimate of drug-likeness (QED) is 0.355. The summed E-state index contributed by atoms with van der Waals surface area (Å²) in [5.41, 5.74) is 2.25. The van der Waals surface area contributed by atoms with Gasteiger partial charge in [-0.25, -0.2) is 5.84 Å². The van der Waals surface area contributed by atoms with E-state index in [0.717, 1.165) is 0 Å². The molecule has 5 nitrogen and oxygen atoms in total. The van der Waals surface area contributed by atoms with E-state index in [9.17, 15) is 18.0 Å². The van der Waals surface area contributed by atoms with E-state index >= 15 is 0 Å². The van der Waals surface area contributed by atoms with Gasteiger partial charge >= 0.3 is 6.18 Å². The molecule has 0 aliphatic heterocycles. The highest BCUT2D eigenvalue weighted by Gasteiger charge is 2.27. The zero-order valence-electron chi connectivity index (χ0n) is 9.87. The molecule has 0 fully saturated rings. The second-order valence-corrected chi connectivity index (χ2v) is 3.52. The van der Waals surface area contributed by atoms with Crippen LogP contribution in [0.25, 0.3) is 0 Å². The average Bonchev–Trinajstić information content (AvgIpc) is 2.36. The summed E-state index contributed by atoms with van der Waals surface area (Å²) in [5, 5.41) is 0. The molecule has 106 valence electrons. The van der Waals surface area contributed by atoms with Crippen LogP contribution in [-0.2, 0) is 4.74 Å². The number of amides is 1. The van der Waals surface area contributed by atoms with Crippen LogP contribution in [0.5, 0.6) is 5.75 Å². The predicted molar refractivity (Wildman–Crippen MR) is 60.5 cm³/mol. The number of hydrogen-bond acceptors (Lipinski definition) is 4. The van der Waals surface area contributed by atoms with Gasteiger partial charge in [-0.1, -0.05) is 6.07 Å². The molecule has 0 atom stereocenters. The Balaban J connectivity index is 2.35. The fraction of sp³-hybridized carbons (Fsp3) is 0.364. The first-order valence-corrected chi connectivity index (χ1v) is 5.30. The normalized spacial score (nSPS) is 11.2. The van der Waals surface area contributed by atoms with E-state index in [1.165, 1.54) is 12.1 Å². The number of ether oxygens (including phenoxy) is 2. The van der Waals surface area contributed by atoms with Crippen molar-refractivity contribution in [3.05, 3.63) is 29.8 Å². The van der Waals surface area contributed by atoms with E-state index in [-0.39, 0.29) is 18.8 Å². The molecule has 0 spiro atoms. The first kappa shape index (κ1) is 15.3. The van der Waals surface area contributed by atoms with Gasteiger partial charge in [0.05, 0.1) is 6.61 Å². The molecule has 0 radical (unpaired) electrons. The van der Waals surface area contributed by atoms with E-state index in [4.69, 9.17) is 10.6 Å². The van der Waals surface area contributed by atoms with Crippen molar-refractivity contribution < 1.29 is 27.4 Å². The van der Waals surface area contributed by atoms with Gasteiger partial charge in [0.25, 0.3) is 5.91 Å². The third-order valence-electron chi connectivity index (χ3n) is 1.99. The zero-order valence-corrected chi connectivity index (χ0v) is 9.87. The Hall–Kier alpha value is -1.80. The summed E-state index contributed by atoms with van der Waals surface area (Å²) in [6.45, 7) is -1.57. The van der Waals surface area contributed by atoms with Crippen LogP contribution < -0.4 is 16.0 Å². The number of nitrogens with two attached hydrogens (primary N) is 1. The van der Waals surface area contributed by atoms with Crippen molar-refractivity contribution in [3.63, 3.8) is 0 Å². The summed E-state index contributed by atoms with van der Waals surface area (Å²) < 4.78 is 44.8. The van der Waals surface area contributed by atoms with Crippen LogP contribution in [0.15, 0.2) is 24.3 Å².